The van der Waals surface area contributed by atoms with Gasteiger partial charge in [0.2, 0.25) is 10.0 Å². The number of alkyl halides is 2. The van der Waals surface area contributed by atoms with Gasteiger partial charge in [0.25, 0.3) is 0 Å². The van der Waals surface area contributed by atoms with E-state index in [4.69, 9.17) is 0 Å². The second-order valence-electron chi connectivity index (χ2n) is 6.59. The van der Waals surface area contributed by atoms with Gasteiger partial charge in [0.1, 0.15) is 11.8 Å². The predicted molar refractivity (Wildman–Crippen MR) is 80.7 cm³/mol. The number of halogens is 2. The van der Waals surface area contributed by atoms with Gasteiger partial charge in [0.05, 0.1) is 4.90 Å². The molecule has 0 radical (unpaired) electrons. The Labute approximate surface area is 130 Å². The average Bonchev–Trinajstić information content (AvgIpc) is 2.73. The summed E-state index contributed by atoms with van der Waals surface area (Å²) >= 11 is 0. The minimum absolute atomic E-state index is 0.0493. The second kappa shape index (κ2) is 5.27. The first-order chi connectivity index (χ1) is 10.2. The molecule has 2 bridgehead atoms. The molecule has 0 N–H and O–H groups in total. The first kappa shape index (κ1) is 15.9. The Hall–Kier alpha value is -1.01. The molecule has 0 spiro atoms. The summed E-state index contributed by atoms with van der Waals surface area (Å²) in [6.45, 7) is 3.12. The maximum absolute atomic E-state index is 14.7. The zero-order chi connectivity index (χ0) is 16.1. The van der Waals surface area contributed by atoms with Gasteiger partial charge in [-0.3, -0.25) is 0 Å². The molecule has 2 heterocycles. The number of rotatable bonds is 3. The first-order valence-electron chi connectivity index (χ1n) is 7.67. The molecule has 0 saturated carbocycles. The van der Waals surface area contributed by atoms with Gasteiger partial charge in [0.15, 0.2) is 0 Å². The lowest BCUT2D eigenvalue weighted by molar-refractivity contribution is -0.0103. The van der Waals surface area contributed by atoms with Crippen molar-refractivity contribution >= 4 is 10.0 Å². The average molecular weight is 329 g/mol. The highest BCUT2D eigenvalue weighted by atomic mass is 32.2. The fourth-order valence-electron chi connectivity index (χ4n) is 3.74. The molecular weight excluding hydrogens is 308 g/mol. The molecule has 1 aromatic carbocycles. The minimum atomic E-state index is -3.65. The number of nitrogens with zero attached hydrogens (tertiary/aromatic N) is 1. The van der Waals surface area contributed by atoms with Crippen LogP contribution in [0.3, 0.4) is 0 Å². The van der Waals surface area contributed by atoms with Crippen LogP contribution in [-0.2, 0) is 10.0 Å². The molecule has 3 nitrogen and oxygen atoms in total. The van der Waals surface area contributed by atoms with Gasteiger partial charge >= 0.3 is 0 Å². The van der Waals surface area contributed by atoms with E-state index < -0.39 is 33.9 Å². The Morgan fingerprint density at radius 3 is 2.14 bits per heavy atom. The van der Waals surface area contributed by atoms with Gasteiger partial charge in [-0.15, -0.1) is 0 Å². The Kier molecular flexibility index (Phi) is 3.80. The summed E-state index contributed by atoms with van der Waals surface area (Å²) < 4.78 is 55.4. The number of fused-ring (bicyclic) bond motifs is 2. The van der Waals surface area contributed by atoms with Crippen LogP contribution in [0.2, 0.25) is 0 Å². The molecule has 0 amide bonds. The molecule has 3 atom stereocenters. The van der Waals surface area contributed by atoms with E-state index in [0.29, 0.717) is 12.8 Å². The second-order valence-corrected chi connectivity index (χ2v) is 8.44. The van der Waals surface area contributed by atoms with E-state index in [2.05, 4.69) is 0 Å². The maximum atomic E-state index is 14.7. The predicted octanol–water partition coefficient (Wildman–Crippen LogP) is 3.38. The van der Waals surface area contributed by atoms with Gasteiger partial charge in [-0.2, -0.15) is 4.31 Å². The summed E-state index contributed by atoms with van der Waals surface area (Å²) in [5, 5.41) is 0. The van der Waals surface area contributed by atoms with Crippen LogP contribution in [0.5, 0.6) is 0 Å². The summed E-state index contributed by atoms with van der Waals surface area (Å²) in [7, 11) is -3.65. The maximum Gasteiger partial charge on any atom is 0.243 e. The number of hydrogen-bond acceptors (Lipinski definition) is 2. The van der Waals surface area contributed by atoms with Gasteiger partial charge < -0.3 is 0 Å². The van der Waals surface area contributed by atoms with Crippen molar-refractivity contribution in [3.63, 3.8) is 0 Å². The molecular formula is C16H21F2NO2S. The smallest absolute Gasteiger partial charge is 0.243 e. The fourth-order valence-corrected chi connectivity index (χ4v) is 5.61. The number of piperidine rings is 1. The molecule has 1 aromatic rings. The molecule has 6 heteroatoms. The van der Waals surface area contributed by atoms with Crippen molar-refractivity contribution in [1.82, 2.24) is 4.31 Å². The van der Waals surface area contributed by atoms with Crippen LogP contribution in [0.4, 0.5) is 8.78 Å². The fraction of sp³-hybridized carbons (Fsp3) is 0.625. The van der Waals surface area contributed by atoms with Gasteiger partial charge in [-0.1, -0.05) is 17.7 Å². The molecule has 0 aromatic heterocycles. The van der Waals surface area contributed by atoms with Crippen molar-refractivity contribution in [2.24, 2.45) is 0 Å². The largest absolute Gasteiger partial charge is 0.244 e. The van der Waals surface area contributed by atoms with Crippen molar-refractivity contribution in [2.75, 3.05) is 0 Å². The number of hydrogen-bond donors (Lipinski definition) is 0. The van der Waals surface area contributed by atoms with E-state index in [1.807, 2.05) is 6.92 Å². The van der Waals surface area contributed by atoms with Crippen LogP contribution in [0.15, 0.2) is 29.2 Å². The highest BCUT2D eigenvalue weighted by molar-refractivity contribution is 7.89. The van der Waals surface area contributed by atoms with Gasteiger partial charge in [-0.05, 0) is 38.8 Å². The van der Waals surface area contributed by atoms with Gasteiger partial charge in [0, 0.05) is 24.9 Å². The van der Waals surface area contributed by atoms with Crippen LogP contribution in [0.1, 0.15) is 38.2 Å². The van der Waals surface area contributed by atoms with E-state index in [1.54, 1.807) is 24.3 Å². The molecule has 2 fully saturated rings. The van der Waals surface area contributed by atoms with Crippen LogP contribution in [0, 0.1) is 6.92 Å². The van der Waals surface area contributed by atoms with E-state index in [0.717, 1.165) is 5.56 Å². The first-order valence-corrected chi connectivity index (χ1v) is 9.11. The van der Waals surface area contributed by atoms with Crippen molar-refractivity contribution in [2.45, 2.75) is 68.4 Å². The topological polar surface area (TPSA) is 37.4 Å². The quantitative estimate of drug-likeness (QED) is 0.852. The molecule has 3 rings (SSSR count). The Bertz CT molecular complexity index is 643. The standard InChI is InChI=1S/C16H21F2NO2S/c1-11-3-7-15(8-4-11)22(20,21)19-13-5-6-14(19)10-16(18,9-13)12(2)17/h3-4,7-8,12-14H,5-6,9-10H2,1-2H3. The minimum Gasteiger partial charge on any atom is -0.244 e. The van der Waals surface area contributed by atoms with Crippen LogP contribution < -0.4 is 0 Å². The van der Waals surface area contributed by atoms with Gasteiger partial charge in [-0.25, -0.2) is 17.2 Å². The lowest BCUT2D eigenvalue weighted by Crippen LogP contribution is -2.54. The third-order valence-electron chi connectivity index (χ3n) is 5.01. The molecule has 2 aliphatic rings. The molecule has 2 aliphatic heterocycles. The Balaban J connectivity index is 1.92. The normalized spacial score (nSPS) is 33.8. The van der Waals surface area contributed by atoms with Crippen LogP contribution >= 0.6 is 0 Å². The molecule has 2 saturated heterocycles. The molecule has 3 unspecified atom stereocenters. The van der Waals surface area contributed by atoms with Crippen molar-refractivity contribution in [3.8, 4) is 0 Å². The number of benzene rings is 1. The van der Waals surface area contributed by atoms with Crippen LogP contribution in [0.25, 0.3) is 0 Å². The molecule has 22 heavy (non-hydrogen) atoms. The molecule has 122 valence electrons. The third kappa shape index (κ3) is 2.46. The zero-order valence-electron chi connectivity index (χ0n) is 12.8. The van der Waals surface area contributed by atoms with Crippen molar-refractivity contribution in [1.29, 1.82) is 0 Å². The van der Waals surface area contributed by atoms with E-state index in [1.165, 1.54) is 11.2 Å². The van der Waals surface area contributed by atoms with E-state index >= 15 is 0 Å². The van der Waals surface area contributed by atoms with Crippen molar-refractivity contribution in [3.05, 3.63) is 29.8 Å². The van der Waals surface area contributed by atoms with E-state index in [9.17, 15) is 17.2 Å². The number of aryl methyl sites for hydroxylation is 1. The summed E-state index contributed by atoms with van der Waals surface area (Å²) in [6.07, 6.45) is -0.458. The lowest BCUT2D eigenvalue weighted by atomic mass is 9.86. The third-order valence-corrected chi connectivity index (χ3v) is 7.03. The summed E-state index contributed by atoms with van der Waals surface area (Å²) in [5.41, 5.74) is -0.917. The Morgan fingerprint density at radius 2 is 1.68 bits per heavy atom. The number of sulfonamides is 1. The Morgan fingerprint density at radius 1 is 1.18 bits per heavy atom. The summed E-state index contributed by atoms with van der Waals surface area (Å²) in [5.74, 6) is 0. The summed E-state index contributed by atoms with van der Waals surface area (Å²) in [4.78, 5) is 0.231. The van der Waals surface area contributed by atoms with Crippen LogP contribution in [-0.4, -0.2) is 36.6 Å². The van der Waals surface area contributed by atoms with E-state index in [-0.39, 0.29) is 17.7 Å². The monoisotopic (exact) mass is 329 g/mol. The summed E-state index contributed by atoms with van der Waals surface area (Å²) in [6, 6.07) is 5.80. The zero-order valence-corrected chi connectivity index (χ0v) is 13.6. The van der Waals surface area contributed by atoms with Crippen molar-refractivity contribution < 1.29 is 17.2 Å². The molecule has 0 aliphatic carbocycles. The highest BCUT2D eigenvalue weighted by Gasteiger charge is 2.55. The lowest BCUT2D eigenvalue weighted by Gasteiger charge is -2.42. The highest BCUT2D eigenvalue weighted by Crippen LogP contribution is 2.47. The SMILES string of the molecule is Cc1ccc(S(=O)(=O)N2C3CCC2CC(F)(C(C)F)C3)cc1.